The number of carbonyl (C=O) groups excluding carboxylic acids is 1. The van der Waals surface area contributed by atoms with E-state index < -0.39 is 6.10 Å². The molecule has 0 bridgehead atoms. The number of carbonyl (C=O) groups is 1. The van der Waals surface area contributed by atoms with E-state index in [1.165, 1.54) is 35.4 Å². The van der Waals surface area contributed by atoms with Gasteiger partial charge in [-0.1, -0.05) is 12.1 Å². The minimum absolute atomic E-state index is 0.158. The van der Waals surface area contributed by atoms with Crippen molar-refractivity contribution in [1.29, 1.82) is 5.26 Å². The van der Waals surface area contributed by atoms with E-state index in [0.717, 1.165) is 5.56 Å². The summed E-state index contributed by atoms with van der Waals surface area (Å²) in [5.74, 6) is -0.707. The highest BCUT2D eigenvalue weighted by molar-refractivity contribution is 5.93. The Morgan fingerprint density at radius 1 is 1.35 bits per heavy atom. The predicted octanol–water partition coefficient (Wildman–Crippen LogP) is 2.04. The van der Waals surface area contributed by atoms with E-state index >= 15 is 0 Å². The van der Waals surface area contributed by atoms with E-state index in [9.17, 15) is 14.3 Å². The predicted molar refractivity (Wildman–Crippen MR) is 79.8 cm³/mol. The molecule has 1 aliphatic rings. The van der Waals surface area contributed by atoms with Crippen molar-refractivity contribution in [1.82, 2.24) is 9.88 Å². The van der Waals surface area contributed by atoms with Crippen molar-refractivity contribution in [2.45, 2.75) is 18.6 Å². The quantitative estimate of drug-likeness (QED) is 0.920. The summed E-state index contributed by atoms with van der Waals surface area (Å²) in [7, 11) is 0. The summed E-state index contributed by atoms with van der Waals surface area (Å²) in [4.78, 5) is 18.2. The number of benzene rings is 1. The molecule has 1 aliphatic heterocycles. The molecule has 1 saturated heterocycles. The third kappa shape index (κ3) is 3.05. The topological polar surface area (TPSA) is 77.2 Å². The molecule has 1 amide bonds. The van der Waals surface area contributed by atoms with Gasteiger partial charge in [0, 0.05) is 12.7 Å². The van der Waals surface area contributed by atoms with Gasteiger partial charge in [-0.3, -0.25) is 9.78 Å². The van der Waals surface area contributed by atoms with Crippen molar-refractivity contribution in [3.8, 4) is 6.07 Å². The number of rotatable bonds is 2. The van der Waals surface area contributed by atoms with Crippen LogP contribution in [0.4, 0.5) is 4.39 Å². The Balaban J connectivity index is 1.91. The number of amides is 1. The Hall–Kier alpha value is -2.78. The van der Waals surface area contributed by atoms with E-state index in [0.29, 0.717) is 12.0 Å². The molecule has 2 atom stereocenters. The zero-order valence-electron chi connectivity index (χ0n) is 12.2. The number of aliphatic hydroxyl groups is 1. The second kappa shape index (κ2) is 6.15. The largest absolute Gasteiger partial charge is 0.391 e. The second-order valence-electron chi connectivity index (χ2n) is 5.46. The van der Waals surface area contributed by atoms with Gasteiger partial charge in [-0.2, -0.15) is 5.26 Å². The highest BCUT2D eigenvalue weighted by atomic mass is 19.1. The lowest BCUT2D eigenvalue weighted by Crippen LogP contribution is -2.32. The van der Waals surface area contributed by atoms with Crippen molar-refractivity contribution in [2.75, 3.05) is 6.54 Å². The minimum Gasteiger partial charge on any atom is -0.391 e. The van der Waals surface area contributed by atoms with Crippen LogP contribution in [0.2, 0.25) is 0 Å². The van der Waals surface area contributed by atoms with Crippen LogP contribution in [0.5, 0.6) is 0 Å². The average molecular weight is 311 g/mol. The van der Waals surface area contributed by atoms with Gasteiger partial charge in [0.15, 0.2) is 0 Å². The van der Waals surface area contributed by atoms with Crippen LogP contribution in [-0.4, -0.2) is 33.5 Å². The molecule has 0 saturated carbocycles. The van der Waals surface area contributed by atoms with Crippen LogP contribution in [0.1, 0.15) is 34.1 Å². The summed E-state index contributed by atoms with van der Waals surface area (Å²) < 4.78 is 13.1. The summed E-state index contributed by atoms with van der Waals surface area (Å²) >= 11 is 0. The Kier molecular flexibility index (Phi) is 4.04. The first-order valence-electron chi connectivity index (χ1n) is 7.19. The fourth-order valence-corrected chi connectivity index (χ4v) is 2.80. The molecule has 1 fully saturated rings. The van der Waals surface area contributed by atoms with E-state index in [-0.39, 0.29) is 30.0 Å². The van der Waals surface area contributed by atoms with Crippen molar-refractivity contribution in [3.05, 3.63) is 65.2 Å². The zero-order valence-corrected chi connectivity index (χ0v) is 12.2. The van der Waals surface area contributed by atoms with Gasteiger partial charge in [0.05, 0.1) is 23.8 Å². The molecule has 2 heterocycles. The maximum Gasteiger partial charge on any atom is 0.273 e. The van der Waals surface area contributed by atoms with Gasteiger partial charge in [0.25, 0.3) is 5.91 Å². The van der Waals surface area contributed by atoms with Crippen LogP contribution in [0.25, 0.3) is 0 Å². The third-order valence-corrected chi connectivity index (χ3v) is 3.90. The Morgan fingerprint density at radius 3 is 2.78 bits per heavy atom. The van der Waals surface area contributed by atoms with E-state index in [2.05, 4.69) is 4.98 Å². The third-order valence-electron chi connectivity index (χ3n) is 3.90. The van der Waals surface area contributed by atoms with Crippen LogP contribution in [0, 0.1) is 17.1 Å². The molecular weight excluding hydrogens is 297 g/mol. The van der Waals surface area contributed by atoms with Crippen molar-refractivity contribution < 1.29 is 14.3 Å². The standard InChI is InChI=1S/C17H14FN3O2/c18-13-3-1-12(2-4-13)16-8-14(22)10-21(16)17(23)15-7-11(9-19)5-6-20-15/h1-7,14,16,22H,8,10H2/t14-,16+/m0/s1. The van der Waals surface area contributed by atoms with Crippen LogP contribution in [0.3, 0.4) is 0 Å². The second-order valence-corrected chi connectivity index (χ2v) is 5.46. The van der Waals surface area contributed by atoms with E-state index in [1.807, 2.05) is 6.07 Å². The van der Waals surface area contributed by atoms with Gasteiger partial charge in [-0.05, 0) is 36.2 Å². The number of hydrogen-bond donors (Lipinski definition) is 1. The number of hydrogen-bond acceptors (Lipinski definition) is 4. The van der Waals surface area contributed by atoms with Gasteiger partial charge in [-0.15, -0.1) is 0 Å². The molecule has 1 aromatic carbocycles. The lowest BCUT2D eigenvalue weighted by Gasteiger charge is -2.24. The van der Waals surface area contributed by atoms with Crippen molar-refractivity contribution in [3.63, 3.8) is 0 Å². The SMILES string of the molecule is N#Cc1ccnc(C(=O)N2C[C@@H](O)C[C@@H]2c2ccc(F)cc2)c1. The molecule has 5 nitrogen and oxygen atoms in total. The van der Waals surface area contributed by atoms with Gasteiger partial charge in [0.2, 0.25) is 0 Å². The first kappa shape index (κ1) is 15.1. The summed E-state index contributed by atoms with van der Waals surface area (Å²) in [6.45, 7) is 0.180. The molecule has 116 valence electrons. The molecule has 1 aromatic heterocycles. The molecular formula is C17H14FN3O2. The lowest BCUT2D eigenvalue weighted by molar-refractivity contribution is 0.0710. The van der Waals surface area contributed by atoms with Crippen molar-refractivity contribution in [2.24, 2.45) is 0 Å². The van der Waals surface area contributed by atoms with E-state index in [4.69, 9.17) is 5.26 Å². The normalized spacial score (nSPS) is 20.3. The van der Waals surface area contributed by atoms with Gasteiger partial charge >= 0.3 is 0 Å². The monoisotopic (exact) mass is 311 g/mol. The Morgan fingerprint density at radius 2 is 2.09 bits per heavy atom. The number of β-amino-alcohol motifs (C(OH)–C–C–N with tert-alkyl or cyclic N) is 1. The minimum atomic E-state index is -0.645. The number of halogens is 1. The summed E-state index contributed by atoms with van der Waals surface area (Å²) in [5.41, 5.74) is 1.26. The van der Waals surface area contributed by atoms with E-state index in [1.54, 1.807) is 12.1 Å². The zero-order chi connectivity index (χ0) is 16.4. The lowest BCUT2D eigenvalue weighted by atomic mass is 10.0. The molecule has 3 rings (SSSR count). The number of pyridine rings is 1. The van der Waals surface area contributed by atoms with Gasteiger partial charge in [0.1, 0.15) is 11.5 Å². The Bertz CT molecular complexity index is 770. The fourth-order valence-electron chi connectivity index (χ4n) is 2.80. The number of likely N-dealkylation sites (tertiary alicyclic amines) is 1. The molecule has 0 unspecified atom stereocenters. The molecule has 0 spiro atoms. The molecule has 6 heteroatoms. The Labute approximate surface area is 132 Å². The highest BCUT2D eigenvalue weighted by Gasteiger charge is 2.36. The van der Waals surface area contributed by atoms with Crippen LogP contribution < -0.4 is 0 Å². The van der Waals surface area contributed by atoms with Crippen LogP contribution >= 0.6 is 0 Å². The molecule has 23 heavy (non-hydrogen) atoms. The first-order valence-corrected chi connectivity index (χ1v) is 7.19. The van der Waals surface area contributed by atoms with Gasteiger partial charge in [-0.25, -0.2) is 4.39 Å². The fraction of sp³-hybridized carbons (Fsp3) is 0.235. The summed E-state index contributed by atoms with van der Waals surface area (Å²) in [5, 5.41) is 18.9. The number of nitriles is 1. The summed E-state index contributed by atoms with van der Waals surface area (Å²) in [6, 6.07) is 10.5. The number of nitrogens with zero attached hydrogens (tertiary/aromatic N) is 3. The number of aliphatic hydroxyl groups excluding tert-OH is 1. The summed E-state index contributed by atoms with van der Waals surface area (Å²) in [6.07, 6.45) is 1.15. The maximum absolute atomic E-state index is 13.1. The number of aromatic nitrogens is 1. The highest BCUT2D eigenvalue weighted by Crippen LogP contribution is 2.33. The first-order chi connectivity index (χ1) is 11.1. The molecule has 0 radical (unpaired) electrons. The average Bonchev–Trinajstić information content (AvgIpc) is 2.96. The molecule has 1 N–H and O–H groups in total. The van der Waals surface area contributed by atoms with Crippen molar-refractivity contribution >= 4 is 5.91 Å². The van der Waals surface area contributed by atoms with Crippen LogP contribution in [-0.2, 0) is 0 Å². The van der Waals surface area contributed by atoms with Gasteiger partial charge < -0.3 is 10.0 Å². The maximum atomic E-state index is 13.1. The molecule has 0 aliphatic carbocycles. The molecule has 2 aromatic rings. The van der Waals surface area contributed by atoms with Crippen LogP contribution in [0.15, 0.2) is 42.6 Å². The smallest absolute Gasteiger partial charge is 0.273 e.